The van der Waals surface area contributed by atoms with E-state index in [4.69, 9.17) is 9.79 Å². The Hall–Kier alpha value is -1.36. The van der Waals surface area contributed by atoms with Crippen LogP contribution in [0.5, 0.6) is 0 Å². The Morgan fingerprint density at radius 2 is 1.18 bits per heavy atom. The predicted molar refractivity (Wildman–Crippen MR) is 80.1 cm³/mol. The van der Waals surface area contributed by atoms with Crippen molar-refractivity contribution in [2.24, 2.45) is 0 Å². The van der Waals surface area contributed by atoms with Crippen LogP contribution in [0.3, 0.4) is 0 Å². The zero-order valence-corrected chi connectivity index (χ0v) is 13.8. The predicted octanol–water partition coefficient (Wildman–Crippen LogP) is 0.921. The third-order valence-electron chi connectivity index (χ3n) is 2.89. The highest BCUT2D eigenvalue weighted by Crippen LogP contribution is 2.35. The Morgan fingerprint density at radius 3 is 1.50 bits per heavy atom. The summed E-state index contributed by atoms with van der Waals surface area (Å²) in [5.74, 6) is 0. The molecule has 1 atom stereocenters. The summed E-state index contributed by atoms with van der Waals surface area (Å²) < 4.78 is 25.4. The van der Waals surface area contributed by atoms with Gasteiger partial charge in [-0.2, -0.15) is 9.13 Å². The van der Waals surface area contributed by atoms with Crippen molar-refractivity contribution in [1.82, 2.24) is 0 Å². The molecule has 1 unspecified atom stereocenters. The second-order valence-electron chi connectivity index (χ2n) is 5.20. The lowest BCUT2D eigenvalue weighted by Crippen LogP contribution is -2.32. The van der Waals surface area contributed by atoms with Crippen LogP contribution in [0.4, 0.5) is 0 Å². The lowest BCUT2D eigenvalue weighted by atomic mass is 10.1. The molecule has 0 saturated carbocycles. The number of aromatic nitrogens is 2. The molecule has 7 nitrogen and oxygen atoms in total. The average Bonchev–Trinajstić information content (AvgIpc) is 2.37. The van der Waals surface area contributed by atoms with Crippen LogP contribution in [0.25, 0.3) is 11.1 Å². The molecule has 0 fully saturated rings. The maximum atomic E-state index is 11.4. The fourth-order valence-electron chi connectivity index (χ4n) is 2.00. The second-order valence-corrected chi connectivity index (χ2v) is 9.20. The summed E-state index contributed by atoms with van der Waals surface area (Å²) >= 11 is 0. The molecule has 22 heavy (non-hydrogen) atoms. The lowest BCUT2D eigenvalue weighted by Gasteiger charge is -2.03. The van der Waals surface area contributed by atoms with Crippen LogP contribution in [-0.4, -0.2) is 21.3 Å². The van der Waals surface area contributed by atoms with Crippen molar-refractivity contribution in [3.05, 3.63) is 49.1 Å². The molecule has 2 aromatic heterocycles. The van der Waals surface area contributed by atoms with E-state index in [1.54, 1.807) is 41.5 Å². The highest BCUT2D eigenvalue weighted by molar-refractivity contribution is 7.55. The maximum absolute atomic E-state index is 11.4. The number of hydrogen-bond donors (Lipinski definition) is 3. The van der Waals surface area contributed by atoms with Gasteiger partial charge in [-0.3, -0.25) is 9.13 Å². The molecule has 3 N–H and O–H groups in total. The highest BCUT2D eigenvalue weighted by atomic mass is 31.2. The van der Waals surface area contributed by atoms with Gasteiger partial charge in [0.05, 0.1) is 0 Å². The van der Waals surface area contributed by atoms with Gasteiger partial charge >= 0.3 is 7.60 Å². The van der Waals surface area contributed by atoms with Crippen LogP contribution >= 0.6 is 15.0 Å². The van der Waals surface area contributed by atoms with Gasteiger partial charge in [-0.25, -0.2) is 0 Å². The van der Waals surface area contributed by atoms with Gasteiger partial charge in [0, 0.05) is 30.9 Å². The van der Waals surface area contributed by atoms with Gasteiger partial charge in [0.1, 0.15) is 0 Å². The van der Waals surface area contributed by atoms with E-state index in [-0.39, 0.29) is 12.6 Å². The molecule has 118 valence electrons. The Bertz CT molecular complexity index is 669. The number of hydrogen-bond acceptors (Lipinski definition) is 2. The van der Waals surface area contributed by atoms with E-state index in [0.717, 1.165) is 11.1 Å². The number of rotatable bonds is 5. The van der Waals surface area contributed by atoms with Crippen molar-refractivity contribution in [3.63, 3.8) is 0 Å². The summed E-state index contributed by atoms with van der Waals surface area (Å²) in [6, 6.07) is 7.15. The van der Waals surface area contributed by atoms with E-state index in [2.05, 4.69) is 0 Å². The normalized spacial score (nSPS) is 14.5. The molecule has 2 rings (SSSR count). The molecular weight excluding hydrogens is 326 g/mol. The first-order valence-electron chi connectivity index (χ1n) is 6.45. The summed E-state index contributed by atoms with van der Waals surface area (Å²) in [6.07, 6.45) is 6.35. The maximum Gasteiger partial charge on any atom is 0.390 e. The number of nitrogens with zero attached hydrogens (tertiary/aromatic N) is 2. The third-order valence-corrected chi connectivity index (χ3v) is 4.44. The van der Waals surface area contributed by atoms with Gasteiger partial charge in [0.2, 0.25) is 12.6 Å². The molecule has 0 spiro atoms. The Morgan fingerprint density at radius 1 is 0.818 bits per heavy atom. The van der Waals surface area contributed by atoms with Crippen LogP contribution in [-0.2, 0) is 21.7 Å². The topological polar surface area (TPSA) is 103 Å². The summed E-state index contributed by atoms with van der Waals surface area (Å²) in [7, 11) is -7.21. The Labute approximate surface area is 128 Å². The van der Waals surface area contributed by atoms with Crippen LogP contribution in [0, 0.1) is 0 Å². The summed E-state index contributed by atoms with van der Waals surface area (Å²) in [5.41, 5.74) is 1.79. The molecule has 2 aromatic rings. The molecule has 0 saturated heterocycles. The molecule has 0 aliphatic heterocycles. The van der Waals surface area contributed by atoms with E-state index < -0.39 is 15.0 Å². The lowest BCUT2D eigenvalue weighted by molar-refractivity contribution is -0.679. The molecule has 0 aliphatic carbocycles. The monoisotopic (exact) mass is 344 g/mol. The minimum Gasteiger partial charge on any atom is -0.340 e. The quantitative estimate of drug-likeness (QED) is 0.553. The van der Waals surface area contributed by atoms with Crippen molar-refractivity contribution in [2.75, 3.05) is 6.66 Å². The van der Waals surface area contributed by atoms with Crippen LogP contribution in [0.15, 0.2) is 49.1 Å². The first-order chi connectivity index (χ1) is 10.1. The van der Waals surface area contributed by atoms with Gasteiger partial charge in [0.25, 0.3) is 7.37 Å². The van der Waals surface area contributed by atoms with Gasteiger partial charge in [0.15, 0.2) is 24.8 Å². The zero-order valence-electron chi connectivity index (χ0n) is 12.0. The molecule has 9 heteroatoms. The van der Waals surface area contributed by atoms with Crippen molar-refractivity contribution < 1.29 is 32.9 Å². The van der Waals surface area contributed by atoms with Crippen LogP contribution in [0.1, 0.15) is 0 Å². The standard InChI is InChI=1S/C13H16N2O5P2/c1-21(16,17)10-14-6-2-12(3-7-14)13-4-8-15(9-5-13)11-22(18,19)20/h2-9H,10-11H2,1H3,(H-2,16,17,18,19,20)/p+2. The fraction of sp³-hybridized carbons (Fsp3) is 0.231. The van der Waals surface area contributed by atoms with Crippen molar-refractivity contribution in [2.45, 2.75) is 12.6 Å². The summed E-state index contributed by atoms with van der Waals surface area (Å²) in [5, 5.41) is 0. The first-order valence-corrected chi connectivity index (χ1v) is 10.5. The molecule has 0 bridgehead atoms. The minimum absolute atomic E-state index is 0.0599. The van der Waals surface area contributed by atoms with Crippen molar-refractivity contribution >= 4 is 15.0 Å². The zero-order chi connectivity index (χ0) is 16.4. The van der Waals surface area contributed by atoms with Gasteiger partial charge < -0.3 is 14.7 Å². The Balaban J connectivity index is 2.15. The van der Waals surface area contributed by atoms with Crippen LogP contribution in [0.2, 0.25) is 0 Å². The van der Waals surface area contributed by atoms with E-state index in [9.17, 15) is 14.0 Å². The van der Waals surface area contributed by atoms with Crippen molar-refractivity contribution in [1.29, 1.82) is 0 Å². The number of pyridine rings is 2. The molecule has 0 aliphatic rings. The average molecular weight is 344 g/mol. The summed E-state index contributed by atoms with van der Waals surface area (Å²) in [4.78, 5) is 27.2. The molecular formula is C13H18N2O5P2+2. The van der Waals surface area contributed by atoms with Crippen molar-refractivity contribution in [3.8, 4) is 11.1 Å². The SMILES string of the molecule is CP(=O)(O)C[n+]1ccc(-c2cc[n+](CP(=O)(O)O)cc2)cc1. The van der Waals surface area contributed by atoms with E-state index >= 15 is 0 Å². The molecule has 2 heterocycles. The first kappa shape index (κ1) is 17.0. The van der Waals surface area contributed by atoms with E-state index in [1.165, 1.54) is 11.2 Å². The third kappa shape index (κ3) is 5.44. The fourth-order valence-corrected chi connectivity index (χ4v) is 3.41. The smallest absolute Gasteiger partial charge is 0.340 e. The van der Waals surface area contributed by atoms with Crippen LogP contribution < -0.4 is 9.13 Å². The van der Waals surface area contributed by atoms with E-state index in [1.807, 2.05) is 12.1 Å². The largest absolute Gasteiger partial charge is 0.390 e. The summed E-state index contributed by atoms with van der Waals surface area (Å²) in [6.45, 7) is 1.31. The molecule has 0 aromatic carbocycles. The minimum atomic E-state index is -4.09. The Kier molecular flexibility index (Phi) is 4.95. The van der Waals surface area contributed by atoms with Gasteiger partial charge in [-0.15, -0.1) is 0 Å². The van der Waals surface area contributed by atoms with Gasteiger partial charge in [-0.1, -0.05) is 0 Å². The van der Waals surface area contributed by atoms with E-state index in [0.29, 0.717) is 0 Å². The highest BCUT2D eigenvalue weighted by Gasteiger charge is 2.20. The molecule has 0 radical (unpaired) electrons. The molecule has 0 amide bonds. The second kappa shape index (κ2) is 6.41. The van der Waals surface area contributed by atoms with Gasteiger partial charge in [-0.05, 0) is 11.1 Å².